The summed E-state index contributed by atoms with van der Waals surface area (Å²) in [7, 11) is 0. The van der Waals surface area contributed by atoms with Gasteiger partial charge >= 0.3 is 11.9 Å². The van der Waals surface area contributed by atoms with Gasteiger partial charge in [0.05, 0.1) is 0 Å². The topological polar surface area (TPSA) is 74.6 Å². The second kappa shape index (κ2) is 3.98. The second-order valence-corrected chi connectivity index (χ2v) is 2.22. The van der Waals surface area contributed by atoms with Gasteiger partial charge in [-0.25, -0.2) is 0 Å². The number of aliphatic carboxylic acids is 2. The van der Waals surface area contributed by atoms with Crippen molar-refractivity contribution >= 4 is 23.5 Å². The van der Waals surface area contributed by atoms with E-state index in [1.54, 1.807) is 0 Å². The summed E-state index contributed by atoms with van der Waals surface area (Å²) in [5, 5.41) is 16.5. The van der Waals surface area contributed by atoms with Crippen molar-refractivity contribution in [1.82, 2.24) is 0 Å². The Bertz CT molecular complexity index is 195. The maximum atomic E-state index is 10.2. The number of allylic oxidation sites excluding steroid dienone is 1. The van der Waals surface area contributed by atoms with Crippen molar-refractivity contribution in [3.63, 3.8) is 0 Å². The quantitative estimate of drug-likeness (QED) is 0.630. The molecule has 0 bridgehead atoms. The van der Waals surface area contributed by atoms with Gasteiger partial charge in [0, 0.05) is 5.03 Å². The molecule has 0 saturated heterocycles. The van der Waals surface area contributed by atoms with E-state index in [9.17, 15) is 9.59 Å². The molecule has 0 saturated carbocycles. The Morgan fingerprint density at radius 2 is 1.73 bits per heavy atom. The predicted molar refractivity (Wildman–Crippen MR) is 38.4 cm³/mol. The van der Waals surface area contributed by atoms with E-state index in [0.717, 1.165) is 0 Å². The molecular weight excluding hydrogens is 172 g/mol. The molecule has 0 spiro atoms. The minimum absolute atomic E-state index is 0.190. The Morgan fingerprint density at radius 3 is 1.82 bits per heavy atom. The van der Waals surface area contributed by atoms with Gasteiger partial charge in [-0.15, -0.1) is 0 Å². The minimum atomic E-state index is -1.64. The van der Waals surface area contributed by atoms with Crippen LogP contribution in [0.3, 0.4) is 0 Å². The normalized spacial score (nSPS) is 11.7. The van der Waals surface area contributed by atoms with Crippen LogP contribution in [0, 0.1) is 5.92 Å². The van der Waals surface area contributed by atoms with Crippen molar-refractivity contribution in [2.45, 2.75) is 6.92 Å². The van der Waals surface area contributed by atoms with Crippen LogP contribution in [0.2, 0.25) is 0 Å². The number of carbonyl (C=O) groups is 2. The molecule has 0 atom stereocenters. The molecule has 0 unspecified atom stereocenters. The lowest BCUT2D eigenvalue weighted by molar-refractivity contribution is -0.152. The fourth-order valence-electron chi connectivity index (χ4n) is 0.508. The highest BCUT2D eigenvalue weighted by Crippen LogP contribution is 2.15. The molecule has 62 valence electrons. The van der Waals surface area contributed by atoms with E-state index in [2.05, 4.69) is 0 Å². The first-order chi connectivity index (χ1) is 5.00. The summed E-state index contributed by atoms with van der Waals surface area (Å²) < 4.78 is 0. The number of halogens is 1. The first-order valence-electron chi connectivity index (χ1n) is 2.78. The lowest BCUT2D eigenvalue weighted by Gasteiger charge is -2.03. The Labute approximate surface area is 68.1 Å². The molecule has 0 radical (unpaired) electrons. The highest BCUT2D eigenvalue weighted by molar-refractivity contribution is 6.33. The lowest BCUT2D eigenvalue weighted by atomic mass is 10.1. The van der Waals surface area contributed by atoms with Gasteiger partial charge in [0.15, 0.2) is 5.92 Å². The Kier molecular flexibility index (Phi) is 3.60. The van der Waals surface area contributed by atoms with Crippen molar-refractivity contribution in [2.75, 3.05) is 0 Å². The molecule has 0 rings (SSSR count). The van der Waals surface area contributed by atoms with Crippen LogP contribution in [0.4, 0.5) is 0 Å². The minimum Gasteiger partial charge on any atom is -0.480 e. The first-order valence-corrected chi connectivity index (χ1v) is 3.15. The third-order valence-corrected chi connectivity index (χ3v) is 1.48. The van der Waals surface area contributed by atoms with Gasteiger partial charge in [-0.05, 0) is 6.92 Å². The molecule has 4 nitrogen and oxygen atoms in total. The van der Waals surface area contributed by atoms with E-state index in [0.29, 0.717) is 0 Å². The van der Waals surface area contributed by atoms with Crippen molar-refractivity contribution in [3.8, 4) is 0 Å². The number of hydrogen-bond donors (Lipinski definition) is 2. The molecule has 0 fully saturated rings. The smallest absolute Gasteiger partial charge is 0.323 e. The van der Waals surface area contributed by atoms with Crippen LogP contribution in [0.15, 0.2) is 11.1 Å². The van der Waals surface area contributed by atoms with Crippen LogP contribution in [0.1, 0.15) is 6.92 Å². The van der Waals surface area contributed by atoms with Crippen LogP contribution in [-0.2, 0) is 9.59 Å². The molecule has 5 heteroatoms. The van der Waals surface area contributed by atoms with Gasteiger partial charge in [0.25, 0.3) is 0 Å². The molecule has 0 aliphatic carbocycles. The molecule has 0 amide bonds. The van der Waals surface area contributed by atoms with Crippen LogP contribution < -0.4 is 0 Å². The van der Waals surface area contributed by atoms with Gasteiger partial charge in [-0.3, -0.25) is 9.59 Å². The first kappa shape index (κ1) is 9.97. The molecule has 0 aromatic heterocycles. The molecule has 0 aliphatic rings. The Balaban J connectivity index is 4.62. The van der Waals surface area contributed by atoms with E-state index in [1.807, 2.05) is 0 Å². The van der Waals surface area contributed by atoms with Gasteiger partial charge in [0.2, 0.25) is 0 Å². The van der Waals surface area contributed by atoms with E-state index in [4.69, 9.17) is 21.8 Å². The lowest BCUT2D eigenvalue weighted by Crippen LogP contribution is -2.23. The number of carboxylic acids is 2. The van der Waals surface area contributed by atoms with E-state index < -0.39 is 17.9 Å². The van der Waals surface area contributed by atoms with Gasteiger partial charge in [-0.1, -0.05) is 17.7 Å². The fraction of sp³-hybridized carbons (Fsp3) is 0.333. The number of hydrogen-bond acceptors (Lipinski definition) is 2. The summed E-state index contributed by atoms with van der Waals surface area (Å²) in [6.07, 6.45) is 1.24. The zero-order valence-electron chi connectivity index (χ0n) is 5.74. The maximum absolute atomic E-state index is 10.2. The zero-order valence-corrected chi connectivity index (χ0v) is 6.50. The van der Waals surface area contributed by atoms with Gasteiger partial charge in [-0.2, -0.15) is 0 Å². The zero-order chi connectivity index (χ0) is 9.02. The SMILES string of the molecule is C/C=C(/Cl)C(C(=O)O)C(=O)O. The number of carboxylic acid groups (broad SMARTS) is 2. The third kappa shape index (κ3) is 2.59. The highest BCUT2D eigenvalue weighted by Gasteiger charge is 2.28. The van der Waals surface area contributed by atoms with Crippen LogP contribution in [0.5, 0.6) is 0 Å². The summed E-state index contributed by atoms with van der Waals surface area (Å²) in [6.45, 7) is 1.47. The molecule has 11 heavy (non-hydrogen) atoms. The average Bonchev–Trinajstić information content (AvgIpc) is 1.85. The van der Waals surface area contributed by atoms with E-state index >= 15 is 0 Å². The van der Waals surface area contributed by atoms with Crippen LogP contribution >= 0.6 is 11.6 Å². The van der Waals surface area contributed by atoms with Crippen molar-refractivity contribution in [2.24, 2.45) is 5.92 Å². The fourth-order valence-corrected chi connectivity index (χ4v) is 0.695. The molecule has 2 N–H and O–H groups in total. The summed E-state index contributed by atoms with van der Waals surface area (Å²) in [4.78, 5) is 20.5. The molecule has 0 aromatic rings. The van der Waals surface area contributed by atoms with Gasteiger partial charge in [0.1, 0.15) is 0 Å². The summed E-state index contributed by atoms with van der Waals surface area (Å²) >= 11 is 5.32. The molecular formula is C6H7ClO4. The van der Waals surface area contributed by atoms with E-state index in [-0.39, 0.29) is 5.03 Å². The summed E-state index contributed by atoms with van der Waals surface area (Å²) in [5.41, 5.74) is 0. The standard InChI is InChI=1S/C6H7ClO4/c1-2-3(7)4(5(8)9)6(10)11/h2,4H,1H3,(H,8,9)(H,10,11)/b3-2+. The summed E-state index contributed by atoms with van der Waals surface area (Å²) in [6, 6.07) is 0. The molecule has 0 aliphatic heterocycles. The highest BCUT2D eigenvalue weighted by atomic mass is 35.5. The Hall–Kier alpha value is -1.03. The van der Waals surface area contributed by atoms with Crippen LogP contribution in [-0.4, -0.2) is 22.2 Å². The largest absolute Gasteiger partial charge is 0.480 e. The van der Waals surface area contributed by atoms with Crippen LogP contribution in [0.25, 0.3) is 0 Å². The van der Waals surface area contributed by atoms with E-state index in [1.165, 1.54) is 13.0 Å². The second-order valence-electron chi connectivity index (χ2n) is 1.78. The monoisotopic (exact) mass is 178 g/mol. The van der Waals surface area contributed by atoms with Gasteiger partial charge < -0.3 is 10.2 Å². The van der Waals surface area contributed by atoms with Crippen molar-refractivity contribution in [1.29, 1.82) is 0 Å². The molecule has 0 heterocycles. The Morgan fingerprint density at radius 1 is 1.36 bits per heavy atom. The number of rotatable bonds is 3. The predicted octanol–water partition coefficient (Wildman–Crippen LogP) is 0.914. The van der Waals surface area contributed by atoms with Crippen molar-refractivity contribution in [3.05, 3.63) is 11.1 Å². The third-order valence-electron chi connectivity index (χ3n) is 1.05. The van der Waals surface area contributed by atoms with Crippen molar-refractivity contribution < 1.29 is 19.8 Å². The summed E-state index contributed by atoms with van der Waals surface area (Å²) in [5.74, 6) is -4.55. The maximum Gasteiger partial charge on any atom is 0.323 e. The molecule has 0 aromatic carbocycles. The average molecular weight is 179 g/mol.